The van der Waals surface area contributed by atoms with E-state index in [9.17, 15) is 4.79 Å². The zero-order valence-corrected chi connectivity index (χ0v) is 11.0. The van der Waals surface area contributed by atoms with E-state index in [4.69, 9.17) is 5.41 Å². The van der Waals surface area contributed by atoms with Crippen molar-refractivity contribution in [1.29, 1.82) is 5.41 Å². The van der Waals surface area contributed by atoms with Crippen molar-refractivity contribution in [3.8, 4) is 0 Å². The van der Waals surface area contributed by atoms with E-state index in [-0.39, 0.29) is 11.8 Å². The smallest absolute Gasteiger partial charge is 0.223 e. The maximum absolute atomic E-state index is 11.9. The van der Waals surface area contributed by atoms with Crippen LogP contribution >= 0.6 is 0 Å². The number of nitrogens with one attached hydrogen (secondary N) is 2. The van der Waals surface area contributed by atoms with Crippen molar-refractivity contribution in [3.05, 3.63) is 0 Å². The summed E-state index contributed by atoms with van der Waals surface area (Å²) in [4.78, 5) is 11.9. The summed E-state index contributed by atoms with van der Waals surface area (Å²) in [7, 11) is 0. The molecule has 2 N–H and O–H groups in total. The molecule has 3 nitrogen and oxygen atoms in total. The summed E-state index contributed by atoms with van der Waals surface area (Å²) in [6.07, 6.45) is 3.37. The van der Waals surface area contributed by atoms with Crippen LogP contribution in [0, 0.1) is 23.2 Å². The minimum absolute atomic E-state index is 0.204. The molecule has 0 saturated heterocycles. The second-order valence-corrected chi connectivity index (χ2v) is 5.26. The first-order valence-electron chi connectivity index (χ1n) is 6.16. The van der Waals surface area contributed by atoms with Crippen LogP contribution in [-0.4, -0.2) is 18.7 Å². The van der Waals surface area contributed by atoms with Crippen molar-refractivity contribution in [2.24, 2.45) is 17.8 Å². The predicted octanol–water partition coefficient (Wildman–Crippen LogP) is 2.85. The fourth-order valence-electron chi connectivity index (χ4n) is 1.73. The highest BCUT2D eigenvalue weighted by molar-refractivity contribution is 5.79. The van der Waals surface area contributed by atoms with Crippen molar-refractivity contribution < 1.29 is 4.79 Å². The van der Waals surface area contributed by atoms with Crippen LogP contribution in [0.1, 0.15) is 47.0 Å². The molecule has 0 bridgehead atoms. The van der Waals surface area contributed by atoms with Gasteiger partial charge in [0.15, 0.2) is 0 Å². The number of rotatable bonds is 5. The molecule has 1 rings (SSSR count). The molecular formula is C13H26N2O. The molecule has 0 aliphatic heterocycles. The van der Waals surface area contributed by atoms with Crippen molar-refractivity contribution in [2.75, 3.05) is 0 Å². The molecule has 1 fully saturated rings. The molecule has 94 valence electrons. The molecule has 0 heterocycles. The van der Waals surface area contributed by atoms with Crippen LogP contribution in [0.15, 0.2) is 0 Å². The maximum Gasteiger partial charge on any atom is 0.223 e. The molecule has 1 amide bonds. The van der Waals surface area contributed by atoms with E-state index in [2.05, 4.69) is 39.7 Å². The summed E-state index contributed by atoms with van der Waals surface area (Å²) in [6, 6.07) is 0.496. The van der Waals surface area contributed by atoms with Gasteiger partial charge in [-0.1, -0.05) is 27.7 Å². The third-order valence-electron chi connectivity index (χ3n) is 2.79. The highest BCUT2D eigenvalue weighted by Crippen LogP contribution is 2.24. The van der Waals surface area contributed by atoms with E-state index >= 15 is 0 Å². The van der Waals surface area contributed by atoms with Crippen LogP contribution in [0.3, 0.4) is 0 Å². The molecule has 1 saturated carbocycles. The Labute approximate surface area is 99.5 Å². The first kappa shape index (κ1) is 15.1. The van der Waals surface area contributed by atoms with Crippen LogP contribution in [0.5, 0.6) is 0 Å². The molecule has 0 radical (unpaired) electrons. The molecule has 1 atom stereocenters. The minimum Gasteiger partial charge on any atom is -0.353 e. The van der Waals surface area contributed by atoms with Crippen molar-refractivity contribution in [3.63, 3.8) is 0 Å². The number of amides is 1. The van der Waals surface area contributed by atoms with E-state index in [1.807, 2.05) is 0 Å². The zero-order valence-electron chi connectivity index (χ0n) is 11.0. The van der Waals surface area contributed by atoms with Gasteiger partial charge in [0, 0.05) is 12.0 Å². The Kier molecular flexibility index (Phi) is 7.02. The highest BCUT2D eigenvalue weighted by Gasteiger charge is 2.29. The average molecular weight is 226 g/mol. The second kappa shape index (κ2) is 7.42. The summed E-state index contributed by atoms with van der Waals surface area (Å²) >= 11 is 0. The van der Waals surface area contributed by atoms with Gasteiger partial charge in [-0.25, -0.2) is 0 Å². The molecule has 1 aliphatic rings. The quantitative estimate of drug-likeness (QED) is 0.696. The molecule has 0 aromatic carbocycles. The second-order valence-electron chi connectivity index (χ2n) is 5.26. The predicted molar refractivity (Wildman–Crippen MR) is 68.8 cm³/mol. The summed E-state index contributed by atoms with van der Waals surface area (Å²) in [5.41, 5.74) is 0. The number of carbonyl (C=O) groups is 1. The Morgan fingerprint density at radius 3 is 2.12 bits per heavy atom. The maximum atomic E-state index is 11.9. The zero-order chi connectivity index (χ0) is 12.7. The fourth-order valence-corrected chi connectivity index (χ4v) is 1.73. The molecular weight excluding hydrogens is 200 g/mol. The summed E-state index contributed by atoms with van der Waals surface area (Å²) in [5, 5.41) is 8.60. The molecule has 3 heteroatoms. The van der Waals surface area contributed by atoms with Gasteiger partial charge < -0.3 is 10.7 Å². The molecule has 1 unspecified atom stereocenters. The van der Waals surface area contributed by atoms with Crippen LogP contribution in [0.4, 0.5) is 0 Å². The van der Waals surface area contributed by atoms with Crippen LogP contribution in [-0.2, 0) is 4.79 Å². The molecule has 1 aliphatic carbocycles. The van der Waals surface area contributed by atoms with E-state index in [1.165, 1.54) is 12.8 Å². The standard InChI is InChI=1S/C12H23NO.CH3N/c1-8(2)7-11(9(3)4)12(14)13-10-5-6-10;1-2/h8-11H,5-7H2,1-4H3,(H,13,14);2H,1H2. The highest BCUT2D eigenvalue weighted by atomic mass is 16.2. The topological polar surface area (TPSA) is 53.0 Å². The minimum atomic E-state index is 0.204. The van der Waals surface area contributed by atoms with Crippen LogP contribution in [0.25, 0.3) is 0 Å². The molecule has 0 spiro atoms. The third kappa shape index (κ3) is 5.89. The Balaban J connectivity index is 0.00000106. The lowest BCUT2D eigenvalue weighted by Crippen LogP contribution is -2.35. The SMILES string of the molecule is C=N.CC(C)CC(C(=O)NC1CC1)C(C)C. The van der Waals surface area contributed by atoms with Gasteiger partial charge in [-0.3, -0.25) is 4.79 Å². The van der Waals surface area contributed by atoms with Gasteiger partial charge in [0.05, 0.1) is 0 Å². The van der Waals surface area contributed by atoms with Gasteiger partial charge in [0.25, 0.3) is 0 Å². The van der Waals surface area contributed by atoms with Gasteiger partial charge in [-0.15, -0.1) is 0 Å². The average Bonchev–Trinajstić information content (AvgIpc) is 3.00. The van der Waals surface area contributed by atoms with Gasteiger partial charge >= 0.3 is 0 Å². The number of hydrogen-bond acceptors (Lipinski definition) is 2. The summed E-state index contributed by atoms with van der Waals surface area (Å²) in [6.45, 7) is 11.1. The number of hydrogen-bond donors (Lipinski definition) is 2. The number of carbonyl (C=O) groups excluding carboxylic acids is 1. The van der Waals surface area contributed by atoms with Crippen molar-refractivity contribution in [2.45, 2.75) is 53.0 Å². The van der Waals surface area contributed by atoms with E-state index in [0.717, 1.165) is 6.42 Å². The Bertz CT molecular complexity index is 210. The van der Waals surface area contributed by atoms with Crippen LogP contribution in [0.2, 0.25) is 0 Å². The lowest BCUT2D eigenvalue weighted by atomic mass is 9.87. The van der Waals surface area contributed by atoms with Crippen LogP contribution < -0.4 is 5.32 Å². The van der Waals surface area contributed by atoms with Gasteiger partial charge in [-0.2, -0.15) is 0 Å². The van der Waals surface area contributed by atoms with Crippen molar-refractivity contribution >= 4 is 12.6 Å². The van der Waals surface area contributed by atoms with Gasteiger partial charge in [0.1, 0.15) is 0 Å². The summed E-state index contributed by atoms with van der Waals surface area (Å²) < 4.78 is 0. The molecule has 16 heavy (non-hydrogen) atoms. The van der Waals surface area contributed by atoms with E-state index in [0.29, 0.717) is 17.9 Å². The molecule has 0 aromatic rings. The lowest BCUT2D eigenvalue weighted by Gasteiger charge is -2.21. The van der Waals surface area contributed by atoms with Crippen molar-refractivity contribution in [1.82, 2.24) is 5.32 Å². The third-order valence-corrected chi connectivity index (χ3v) is 2.79. The Morgan fingerprint density at radius 1 is 1.31 bits per heavy atom. The lowest BCUT2D eigenvalue weighted by molar-refractivity contribution is -0.127. The normalized spacial score (nSPS) is 16.6. The van der Waals surface area contributed by atoms with Gasteiger partial charge in [-0.05, 0) is 37.8 Å². The fraction of sp³-hybridized carbons (Fsp3) is 0.846. The van der Waals surface area contributed by atoms with E-state index < -0.39 is 0 Å². The van der Waals surface area contributed by atoms with E-state index in [1.54, 1.807) is 0 Å². The largest absolute Gasteiger partial charge is 0.353 e. The Morgan fingerprint density at radius 2 is 1.81 bits per heavy atom. The molecule has 0 aromatic heterocycles. The first-order chi connectivity index (χ1) is 7.50. The first-order valence-corrected chi connectivity index (χ1v) is 6.16. The summed E-state index contributed by atoms with van der Waals surface area (Å²) in [5.74, 6) is 1.54. The Hall–Kier alpha value is -0.860. The monoisotopic (exact) mass is 226 g/mol. The van der Waals surface area contributed by atoms with Gasteiger partial charge in [0.2, 0.25) is 5.91 Å².